The van der Waals surface area contributed by atoms with Gasteiger partial charge < -0.3 is 10.2 Å². The van der Waals surface area contributed by atoms with E-state index in [1.54, 1.807) is 0 Å². The molecule has 2 fully saturated rings. The number of carboxylic acids is 2. The molecule has 0 spiro atoms. The van der Waals surface area contributed by atoms with Crippen molar-refractivity contribution in [2.45, 2.75) is 34.6 Å². The number of halogens is 2. The fraction of sp³-hybridized carbons (Fsp3) is 0.500. The quantitative estimate of drug-likeness (QED) is 0.314. The number of nitrogens with zero attached hydrogens (tertiary/aromatic N) is 2. The second-order valence-corrected chi connectivity index (χ2v) is 7.40. The number of hydrogen-bond acceptors (Lipinski definition) is 6. The summed E-state index contributed by atoms with van der Waals surface area (Å²) in [5, 5.41) is 19.2. The predicted octanol–water partition coefficient (Wildman–Crippen LogP) is -0.364. The molecule has 2 heterocycles. The lowest BCUT2D eigenvalue weighted by atomic mass is 10.0. The summed E-state index contributed by atoms with van der Waals surface area (Å²) < 4.78 is -5.82. The molecule has 2 unspecified atom stereocenters. The first kappa shape index (κ1) is 18.5. The molecular formula is C12H10Br2N2O8. The monoisotopic (exact) mass is 468 g/mol. The van der Waals surface area contributed by atoms with Gasteiger partial charge in [0.1, 0.15) is 0 Å². The first-order valence-electron chi connectivity index (χ1n) is 6.56. The molecule has 130 valence electrons. The minimum atomic E-state index is -2.91. The molecule has 0 aliphatic carbocycles. The zero-order chi connectivity index (χ0) is 18.4. The molecule has 2 aliphatic heterocycles. The minimum Gasteiger partial charge on any atom is -0.479 e. The Bertz CT molecular complexity index is 605. The summed E-state index contributed by atoms with van der Waals surface area (Å²) in [4.78, 5) is 72.2. The lowest BCUT2D eigenvalue weighted by Gasteiger charge is -2.44. The van der Waals surface area contributed by atoms with Crippen molar-refractivity contribution in [2.75, 3.05) is 0 Å². The number of imide groups is 2. The molecule has 0 saturated carbocycles. The minimum absolute atomic E-state index is 0.219. The highest BCUT2D eigenvalue weighted by Crippen LogP contribution is 2.48. The number of carboxylic acid groups (broad SMARTS) is 2. The van der Waals surface area contributed by atoms with E-state index >= 15 is 0 Å². The van der Waals surface area contributed by atoms with Crippen LogP contribution in [0.15, 0.2) is 0 Å². The van der Waals surface area contributed by atoms with Crippen molar-refractivity contribution in [3.8, 4) is 0 Å². The van der Waals surface area contributed by atoms with E-state index in [0.717, 1.165) is 0 Å². The molecule has 0 aromatic carbocycles. The topological polar surface area (TPSA) is 149 Å². The van der Waals surface area contributed by atoms with Crippen LogP contribution in [0.25, 0.3) is 0 Å². The highest BCUT2D eigenvalue weighted by Gasteiger charge is 2.72. The first-order chi connectivity index (χ1) is 11.0. The van der Waals surface area contributed by atoms with Crippen LogP contribution in [0.3, 0.4) is 0 Å². The van der Waals surface area contributed by atoms with E-state index in [1.165, 1.54) is 0 Å². The normalized spacial score (nSPS) is 23.4. The average Bonchev–Trinajstić information content (AvgIpc) is 2.99. The van der Waals surface area contributed by atoms with Gasteiger partial charge >= 0.3 is 11.9 Å². The van der Waals surface area contributed by atoms with Gasteiger partial charge in [-0.15, -0.1) is 0 Å². The summed E-state index contributed by atoms with van der Waals surface area (Å²) in [5.41, 5.74) is 0. The van der Waals surface area contributed by atoms with E-state index in [2.05, 4.69) is 31.9 Å². The molecular weight excluding hydrogens is 460 g/mol. The van der Waals surface area contributed by atoms with Gasteiger partial charge in [-0.3, -0.25) is 29.0 Å². The average molecular weight is 470 g/mol. The van der Waals surface area contributed by atoms with Gasteiger partial charge in [-0.05, 0) is 31.9 Å². The van der Waals surface area contributed by atoms with E-state index in [9.17, 15) is 39.0 Å². The maximum absolute atomic E-state index is 12.0. The van der Waals surface area contributed by atoms with Crippen LogP contribution in [0.2, 0.25) is 0 Å². The van der Waals surface area contributed by atoms with Crippen LogP contribution in [-0.4, -0.2) is 64.5 Å². The van der Waals surface area contributed by atoms with Gasteiger partial charge in [0.15, 0.2) is 0 Å². The lowest BCUT2D eigenvalue weighted by molar-refractivity contribution is -0.172. The molecule has 2 aliphatic rings. The van der Waals surface area contributed by atoms with E-state index < -0.39 is 44.5 Å². The van der Waals surface area contributed by atoms with Crippen molar-refractivity contribution in [2.24, 2.45) is 0 Å². The van der Waals surface area contributed by atoms with Crippen molar-refractivity contribution < 1.29 is 39.0 Å². The number of alkyl halides is 2. The number of aliphatic carboxylic acids is 2. The van der Waals surface area contributed by atoms with Gasteiger partial charge in [-0.2, -0.15) is 0 Å². The maximum Gasteiger partial charge on any atom is 0.345 e. The van der Waals surface area contributed by atoms with Gasteiger partial charge in [0.25, 0.3) is 0 Å². The molecule has 24 heavy (non-hydrogen) atoms. The summed E-state index contributed by atoms with van der Waals surface area (Å²) in [6, 6.07) is 0. The van der Waals surface area contributed by atoms with Crippen molar-refractivity contribution in [3.63, 3.8) is 0 Å². The predicted molar refractivity (Wildman–Crippen MR) is 80.8 cm³/mol. The van der Waals surface area contributed by atoms with Gasteiger partial charge in [0.05, 0.1) is 0 Å². The third-order valence-corrected chi connectivity index (χ3v) is 6.79. The molecule has 2 atom stereocenters. The Hall–Kier alpha value is -1.82. The molecule has 0 radical (unpaired) electrons. The van der Waals surface area contributed by atoms with Crippen molar-refractivity contribution >= 4 is 67.4 Å². The molecule has 0 aromatic heterocycles. The highest BCUT2D eigenvalue weighted by atomic mass is 79.9. The van der Waals surface area contributed by atoms with Gasteiger partial charge in [-0.25, -0.2) is 9.59 Å². The molecule has 0 aromatic rings. The summed E-state index contributed by atoms with van der Waals surface area (Å²) in [6.45, 7) is 0. The number of amides is 4. The zero-order valence-electron chi connectivity index (χ0n) is 11.8. The molecule has 10 nitrogen and oxygen atoms in total. The summed E-state index contributed by atoms with van der Waals surface area (Å²) in [7, 11) is 0. The van der Waals surface area contributed by atoms with E-state index in [-0.39, 0.29) is 35.5 Å². The standard InChI is InChI=1S/C12H10Br2N2O8/c13-11(9(21)22,15-5(17)1-2-6(15)18)12(14,10(23)24)16-7(19)3-4-8(16)20/h1-4H2,(H,21,22)(H,23,24). The van der Waals surface area contributed by atoms with Crippen LogP contribution in [-0.2, 0) is 28.8 Å². The largest absolute Gasteiger partial charge is 0.479 e. The maximum atomic E-state index is 12.0. The van der Waals surface area contributed by atoms with Crippen molar-refractivity contribution in [1.29, 1.82) is 0 Å². The Morgan fingerprint density at radius 1 is 0.708 bits per heavy atom. The number of carbonyl (C=O) groups is 6. The Morgan fingerprint density at radius 2 is 0.917 bits per heavy atom. The Balaban J connectivity index is 2.74. The summed E-state index contributed by atoms with van der Waals surface area (Å²) in [6.07, 6.45) is -1.26. The number of carbonyl (C=O) groups excluding carboxylic acids is 4. The molecule has 0 bridgehead atoms. The third kappa shape index (κ3) is 2.27. The van der Waals surface area contributed by atoms with Crippen LogP contribution in [0.4, 0.5) is 0 Å². The number of likely N-dealkylation sites (tertiary alicyclic amines) is 2. The van der Waals surface area contributed by atoms with Gasteiger partial charge in [0, 0.05) is 25.7 Å². The van der Waals surface area contributed by atoms with Crippen LogP contribution in [0.1, 0.15) is 25.7 Å². The molecule has 12 heteroatoms. The van der Waals surface area contributed by atoms with Crippen LogP contribution >= 0.6 is 31.9 Å². The van der Waals surface area contributed by atoms with Crippen LogP contribution in [0, 0.1) is 0 Å². The van der Waals surface area contributed by atoms with Gasteiger partial charge in [-0.1, -0.05) is 0 Å². The molecule has 2 rings (SSSR count). The lowest BCUT2D eigenvalue weighted by Crippen LogP contribution is -2.73. The molecule has 2 N–H and O–H groups in total. The fourth-order valence-corrected chi connectivity index (χ4v) is 4.10. The van der Waals surface area contributed by atoms with Crippen LogP contribution < -0.4 is 0 Å². The Morgan fingerprint density at radius 3 is 1.08 bits per heavy atom. The number of hydrogen-bond donors (Lipinski definition) is 2. The van der Waals surface area contributed by atoms with Gasteiger partial charge in [0.2, 0.25) is 32.5 Å². The smallest absolute Gasteiger partial charge is 0.345 e. The number of rotatable bonds is 5. The Kier molecular flexibility index (Phi) is 4.57. The fourth-order valence-electron chi connectivity index (χ4n) is 2.61. The van der Waals surface area contributed by atoms with Crippen LogP contribution in [0.5, 0.6) is 0 Å². The second kappa shape index (κ2) is 5.92. The summed E-state index contributed by atoms with van der Waals surface area (Å²) >= 11 is 5.31. The first-order valence-corrected chi connectivity index (χ1v) is 8.14. The van der Waals surface area contributed by atoms with Crippen molar-refractivity contribution in [1.82, 2.24) is 9.80 Å². The molecule has 4 amide bonds. The summed E-state index contributed by atoms with van der Waals surface area (Å²) in [5.74, 6) is -7.63. The Labute approximate surface area is 151 Å². The highest BCUT2D eigenvalue weighted by molar-refractivity contribution is 9.13. The third-order valence-electron chi connectivity index (χ3n) is 3.73. The van der Waals surface area contributed by atoms with E-state index in [1.807, 2.05) is 0 Å². The molecule has 2 saturated heterocycles. The zero-order valence-corrected chi connectivity index (χ0v) is 15.0. The van der Waals surface area contributed by atoms with Crippen molar-refractivity contribution in [3.05, 3.63) is 0 Å². The van der Waals surface area contributed by atoms with E-state index in [4.69, 9.17) is 0 Å². The van der Waals surface area contributed by atoms with E-state index in [0.29, 0.717) is 0 Å². The second-order valence-electron chi connectivity index (χ2n) is 5.10. The SMILES string of the molecule is O=C1CCC(=O)N1C(Br)(C(=O)O)C(Br)(C(=O)O)N1C(=O)CCC1=O.